The van der Waals surface area contributed by atoms with Crippen LogP contribution in [-0.2, 0) is 11.3 Å². The molecule has 2 aliphatic rings. The Morgan fingerprint density at radius 1 is 1.21 bits per heavy atom. The molecule has 4 rings (SSSR count). The van der Waals surface area contributed by atoms with Gasteiger partial charge in [-0.2, -0.15) is 0 Å². The van der Waals surface area contributed by atoms with Gasteiger partial charge in [0.15, 0.2) is 0 Å². The largest absolute Gasteiger partial charge is 0.379 e. The Kier molecular flexibility index (Phi) is 6.17. The molecule has 1 aliphatic carbocycles. The van der Waals surface area contributed by atoms with Crippen molar-refractivity contribution in [2.45, 2.75) is 26.3 Å². The standard InChI is InChI=1S/C24H28N4O/c1-18-7-9-20(10-8-18)24-22(17-28-13-15-29-16-14-28)26-23(27-24)12-11-21(25)19-5-3-2-4-6-19/h3,5-12,25H,2,4,13-17H2,1H3,(H,26,27)/b12-11-,25-21?. The van der Waals surface area contributed by atoms with Crippen molar-refractivity contribution < 1.29 is 4.74 Å². The molecule has 0 spiro atoms. The number of aryl methyl sites for hydroxylation is 1. The van der Waals surface area contributed by atoms with Crippen molar-refractivity contribution in [3.05, 3.63) is 71.2 Å². The van der Waals surface area contributed by atoms with Crippen LogP contribution in [0.3, 0.4) is 0 Å². The number of aromatic nitrogens is 2. The van der Waals surface area contributed by atoms with Gasteiger partial charge in [0.05, 0.1) is 30.3 Å². The number of imidazole rings is 1. The van der Waals surface area contributed by atoms with Crippen molar-refractivity contribution in [2.75, 3.05) is 26.3 Å². The second kappa shape index (κ2) is 9.16. The highest BCUT2D eigenvalue weighted by atomic mass is 16.5. The van der Waals surface area contributed by atoms with Gasteiger partial charge >= 0.3 is 0 Å². The van der Waals surface area contributed by atoms with Crippen molar-refractivity contribution >= 4 is 11.8 Å². The summed E-state index contributed by atoms with van der Waals surface area (Å²) in [7, 11) is 0. The molecule has 0 radical (unpaired) electrons. The highest BCUT2D eigenvalue weighted by molar-refractivity contribution is 6.10. The van der Waals surface area contributed by atoms with Crippen molar-refractivity contribution in [1.82, 2.24) is 14.9 Å². The van der Waals surface area contributed by atoms with E-state index in [1.54, 1.807) is 0 Å². The van der Waals surface area contributed by atoms with Crippen molar-refractivity contribution in [3.63, 3.8) is 0 Å². The quantitative estimate of drug-likeness (QED) is 0.715. The topological polar surface area (TPSA) is 65.0 Å². The molecule has 1 fully saturated rings. The molecule has 0 atom stereocenters. The molecule has 29 heavy (non-hydrogen) atoms. The second-order valence-corrected chi connectivity index (χ2v) is 7.59. The molecule has 2 heterocycles. The molecule has 0 bridgehead atoms. The number of allylic oxidation sites excluding steroid dienone is 5. The number of morpholine rings is 1. The SMILES string of the molecule is Cc1ccc(-c2nc(/C=C\C(=N)C3=CCCC=C3)[nH]c2CN2CCOCC2)cc1. The first-order valence-corrected chi connectivity index (χ1v) is 10.3. The van der Waals surface area contributed by atoms with E-state index in [0.29, 0.717) is 5.71 Å². The summed E-state index contributed by atoms with van der Waals surface area (Å²) in [4.78, 5) is 10.7. The molecule has 1 aromatic heterocycles. The number of ether oxygens (including phenoxy) is 1. The van der Waals surface area contributed by atoms with Crippen LogP contribution in [0, 0.1) is 12.3 Å². The van der Waals surface area contributed by atoms with Crippen LogP contribution in [0.2, 0.25) is 0 Å². The number of rotatable bonds is 6. The third-order valence-corrected chi connectivity index (χ3v) is 5.32. The molecule has 2 aromatic rings. The maximum absolute atomic E-state index is 8.32. The summed E-state index contributed by atoms with van der Waals surface area (Å²) >= 11 is 0. The van der Waals surface area contributed by atoms with Crippen LogP contribution in [0.1, 0.15) is 29.9 Å². The van der Waals surface area contributed by atoms with E-state index >= 15 is 0 Å². The molecule has 2 N–H and O–H groups in total. The maximum Gasteiger partial charge on any atom is 0.131 e. The van der Waals surface area contributed by atoms with Crippen LogP contribution in [0.25, 0.3) is 17.3 Å². The Balaban J connectivity index is 1.58. The predicted octanol–water partition coefficient (Wildman–Crippen LogP) is 4.53. The Bertz CT molecular complexity index is 944. The molecule has 0 saturated carbocycles. The lowest BCUT2D eigenvalue weighted by Crippen LogP contribution is -2.35. The summed E-state index contributed by atoms with van der Waals surface area (Å²) < 4.78 is 5.48. The lowest BCUT2D eigenvalue weighted by Gasteiger charge is -2.26. The minimum atomic E-state index is 0.518. The van der Waals surface area contributed by atoms with Crippen LogP contribution in [0.5, 0.6) is 0 Å². The average molecular weight is 389 g/mol. The predicted molar refractivity (Wildman–Crippen MR) is 118 cm³/mol. The smallest absolute Gasteiger partial charge is 0.131 e. The molecule has 150 valence electrons. The molecule has 5 heteroatoms. The van der Waals surface area contributed by atoms with Gasteiger partial charge in [-0.1, -0.05) is 48.1 Å². The molecule has 0 amide bonds. The zero-order valence-corrected chi connectivity index (χ0v) is 16.9. The first-order valence-electron chi connectivity index (χ1n) is 10.3. The fourth-order valence-corrected chi connectivity index (χ4v) is 3.63. The zero-order chi connectivity index (χ0) is 20.1. The first kappa shape index (κ1) is 19.6. The van der Waals surface area contributed by atoms with Crippen molar-refractivity contribution in [3.8, 4) is 11.3 Å². The maximum atomic E-state index is 8.32. The van der Waals surface area contributed by atoms with Gasteiger partial charge < -0.3 is 15.1 Å². The molecule has 1 aliphatic heterocycles. The highest BCUT2D eigenvalue weighted by Gasteiger charge is 2.17. The summed E-state index contributed by atoms with van der Waals surface area (Å²) in [6.07, 6.45) is 12.1. The molecule has 1 saturated heterocycles. The Labute approximate surface area is 172 Å². The van der Waals surface area contributed by atoms with Gasteiger partial charge in [-0.3, -0.25) is 4.90 Å². The third kappa shape index (κ3) is 5.00. The molecular weight excluding hydrogens is 360 g/mol. The summed E-state index contributed by atoms with van der Waals surface area (Å²) in [6.45, 7) is 6.34. The number of benzene rings is 1. The molecule has 5 nitrogen and oxygen atoms in total. The number of hydrogen-bond donors (Lipinski definition) is 2. The van der Waals surface area contributed by atoms with Crippen molar-refractivity contribution in [2.24, 2.45) is 0 Å². The van der Waals surface area contributed by atoms with Gasteiger partial charge in [0, 0.05) is 25.2 Å². The molecule has 1 aromatic carbocycles. The lowest BCUT2D eigenvalue weighted by molar-refractivity contribution is 0.0338. The van der Waals surface area contributed by atoms with E-state index in [0.717, 1.165) is 74.0 Å². The van der Waals surface area contributed by atoms with Crippen LogP contribution in [0.15, 0.2) is 54.1 Å². The van der Waals surface area contributed by atoms with E-state index < -0.39 is 0 Å². The second-order valence-electron chi connectivity index (χ2n) is 7.59. The summed E-state index contributed by atoms with van der Waals surface area (Å²) in [6, 6.07) is 8.49. The summed E-state index contributed by atoms with van der Waals surface area (Å²) in [5.74, 6) is 0.786. The summed E-state index contributed by atoms with van der Waals surface area (Å²) in [5, 5.41) is 8.32. The van der Waals surface area contributed by atoms with Crippen LogP contribution >= 0.6 is 0 Å². The minimum absolute atomic E-state index is 0.518. The fraction of sp³-hybridized carbons (Fsp3) is 0.333. The summed E-state index contributed by atoms with van der Waals surface area (Å²) in [5.41, 5.74) is 5.94. The van der Waals surface area contributed by atoms with Gasteiger partial charge in [-0.05, 0) is 37.5 Å². The van der Waals surface area contributed by atoms with Crippen molar-refractivity contribution in [1.29, 1.82) is 5.41 Å². The number of nitrogens with one attached hydrogen (secondary N) is 2. The van der Waals surface area contributed by atoms with Gasteiger partial charge in [0.2, 0.25) is 0 Å². The van der Waals surface area contributed by atoms with E-state index in [1.165, 1.54) is 5.56 Å². The van der Waals surface area contributed by atoms with E-state index in [-0.39, 0.29) is 0 Å². The van der Waals surface area contributed by atoms with Gasteiger partial charge in [0.1, 0.15) is 5.82 Å². The fourth-order valence-electron chi connectivity index (χ4n) is 3.63. The average Bonchev–Trinajstić information content (AvgIpc) is 3.16. The molecule has 0 unspecified atom stereocenters. The van der Waals surface area contributed by atoms with Gasteiger partial charge in [-0.25, -0.2) is 4.98 Å². The van der Waals surface area contributed by atoms with E-state index in [4.69, 9.17) is 15.1 Å². The number of hydrogen-bond acceptors (Lipinski definition) is 4. The van der Waals surface area contributed by atoms with E-state index in [2.05, 4.69) is 53.2 Å². The number of aromatic amines is 1. The first-order chi connectivity index (χ1) is 14.2. The molecular formula is C24H28N4O. The Morgan fingerprint density at radius 2 is 2.00 bits per heavy atom. The number of nitrogens with zero attached hydrogens (tertiary/aromatic N) is 2. The van der Waals surface area contributed by atoms with Gasteiger partial charge in [0.25, 0.3) is 0 Å². The van der Waals surface area contributed by atoms with Crippen LogP contribution in [-0.4, -0.2) is 46.9 Å². The van der Waals surface area contributed by atoms with Crippen LogP contribution < -0.4 is 0 Å². The Morgan fingerprint density at radius 3 is 2.72 bits per heavy atom. The highest BCUT2D eigenvalue weighted by Crippen LogP contribution is 2.24. The lowest BCUT2D eigenvalue weighted by atomic mass is 10.0. The monoisotopic (exact) mass is 388 g/mol. The number of H-pyrrole nitrogens is 1. The van der Waals surface area contributed by atoms with Crippen LogP contribution in [0.4, 0.5) is 0 Å². The third-order valence-electron chi connectivity index (χ3n) is 5.32. The normalized spacial score (nSPS) is 17.6. The van der Waals surface area contributed by atoms with Gasteiger partial charge in [-0.15, -0.1) is 0 Å². The van der Waals surface area contributed by atoms with E-state index in [1.807, 2.05) is 18.2 Å². The van der Waals surface area contributed by atoms with E-state index in [9.17, 15) is 0 Å². The minimum Gasteiger partial charge on any atom is -0.379 e. The zero-order valence-electron chi connectivity index (χ0n) is 16.9. The Hall–Kier alpha value is -2.76.